The lowest BCUT2D eigenvalue weighted by Crippen LogP contribution is -2.28. The molecule has 0 saturated carbocycles. The van der Waals surface area contributed by atoms with Crippen molar-refractivity contribution in [3.63, 3.8) is 0 Å². The topological polar surface area (TPSA) is 71.8 Å². The maximum Gasteiger partial charge on any atom is 0.275 e. The summed E-state index contributed by atoms with van der Waals surface area (Å²) in [6.07, 6.45) is 0.976. The average molecular weight is 274 g/mol. The fraction of sp³-hybridized carbons (Fsp3) is 0.636. The third kappa shape index (κ3) is 2.92. The van der Waals surface area contributed by atoms with Crippen molar-refractivity contribution in [3.8, 4) is 0 Å². The molecule has 1 N–H and O–H groups in total. The SMILES string of the molecule is CN(C)S(=O)(=O)c1ccc(CNC2CCOC2)o1. The van der Waals surface area contributed by atoms with Crippen molar-refractivity contribution in [2.45, 2.75) is 24.1 Å². The van der Waals surface area contributed by atoms with Crippen LogP contribution < -0.4 is 5.32 Å². The molecule has 102 valence electrons. The van der Waals surface area contributed by atoms with Crippen LogP contribution in [0.2, 0.25) is 0 Å². The maximum atomic E-state index is 11.8. The van der Waals surface area contributed by atoms with Gasteiger partial charge in [0.05, 0.1) is 13.2 Å². The summed E-state index contributed by atoms with van der Waals surface area (Å²) in [6, 6.07) is 3.49. The summed E-state index contributed by atoms with van der Waals surface area (Å²) in [5, 5.41) is 3.24. The first kappa shape index (κ1) is 13.5. The van der Waals surface area contributed by atoms with Gasteiger partial charge in [0.15, 0.2) is 0 Å². The Morgan fingerprint density at radius 2 is 2.22 bits per heavy atom. The fourth-order valence-electron chi connectivity index (χ4n) is 1.71. The van der Waals surface area contributed by atoms with Crippen molar-refractivity contribution in [3.05, 3.63) is 17.9 Å². The van der Waals surface area contributed by atoms with E-state index in [0.29, 0.717) is 25.0 Å². The Balaban J connectivity index is 1.97. The summed E-state index contributed by atoms with van der Waals surface area (Å²) in [5.74, 6) is 0.613. The van der Waals surface area contributed by atoms with Gasteiger partial charge >= 0.3 is 0 Å². The van der Waals surface area contributed by atoms with Gasteiger partial charge in [-0.25, -0.2) is 12.7 Å². The number of ether oxygens (including phenoxy) is 1. The molecule has 1 aromatic rings. The monoisotopic (exact) mass is 274 g/mol. The van der Waals surface area contributed by atoms with Gasteiger partial charge in [-0.05, 0) is 18.6 Å². The Bertz CT molecular complexity index is 489. The molecular formula is C11H18N2O4S. The maximum absolute atomic E-state index is 11.8. The third-order valence-electron chi connectivity index (χ3n) is 2.87. The number of hydrogen-bond donors (Lipinski definition) is 1. The predicted octanol–water partition coefficient (Wildman–Crippen LogP) is 0.408. The highest BCUT2D eigenvalue weighted by Crippen LogP contribution is 2.17. The first-order chi connectivity index (χ1) is 8.50. The molecule has 2 rings (SSSR count). The zero-order valence-corrected chi connectivity index (χ0v) is 11.4. The van der Waals surface area contributed by atoms with Crippen molar-refractivity contribution >= 4 is 10.0 Å². The van der Waals surface area contributed by atoms with Gasteiger partial charge in [-0.3, -0.25) is 0 Å². The van der Waals surface area contributed by atoms with E-state index in [-0.39, 0.29) is 5.09 Å². The summed E-state index contributed by atoms with van der Waals surface area (Å²) in [4.78, 5) is 0. The number of sulfonamides is 1. The summed E-state index contributed by atoms with van der Waals surface area (Å²) in [5.41, 5.74) is 0. The van der Waals surface area contributed by atoms with Crippen LogP contribution in [0.15, 0.2) is 21.6 Å². The van der Waals surface area contributed by atoms with Gasteiger partial charge in [-0.15, -0.1) is 0 Å². The molecule has 1 aliphatic heterocycles. The van der Waals surface area contributed by atoms with E-state index in [1.807, 2.05) is 0 Å². The average Bonchev–Trinajstić information content (AvgIpc) is 2.97. The Hall–Kier alpha value is -0.890. The van der Waals surface area contributed by atoms with Gasteiger partial charge < -0.3 is 14.5 Å². The molecule has 1 atom stereocenters. The van der Waals surface area contributed by atoms with Gasteiger partial charge in [-0.1, -0.05) is 0 Å². The number of nitrogens with one attached hydrogen (secondary N) is 1. The Morgan fingerprint density at radius 1 is 1.44 bits per heavy atom. The molecule has 1 aliphatic rings. The van der Waals surface area contributed by atoms with Gasteiger partial charge in [0.25, 0.3) is 10.0 Å². The van der Waals surface area contributed by atoms with Crippen LogP contribution >= 0.6 is 0 Å². The molecule has 0 aliphatic carbocycles. The predicted molar refractivity (Wildman–Crippen MR) is 65.6 cm³/mol. The normalized spacial score (nSPS) is 20.7. The first-order valence-corrected chi connectivity index (χ1v) is 7.26. The highest BCUT2D eigenvalue weighted by molar-refractivity contribution is 7.88. The van der Waals surface area contributed by atoms with E-state index in [0.717, 1.165) is 17.3 Å². The molecule has 18 heavy (non-hydrogen) atoms. The molecular weight excluding hydrogens is 256 g/mol. The summed E-state index contributed by atoms with van der Waals surface area (Å²) in [7, 11) is -0.524. The van der Waals surface area contributed by atoms with Gasteiger partial charge in [-0.2, -0.15) is 0 Å². The third-order valence-corrected chi connectivity index (χ3v) is 4.56. The van der Waals surface area contributed by atoms with Crippen molar-refractivity contribution in [2.75, 3.05) is 27.3 Å². The largest absolute Gasteiger partial charge is 0.447 e. The van der Waals surface area contributed by atoms with E-state index in [1.54, 1.807) is 6.07 Å². The minimum Gasteiger partial charge on any atom is -0.447 e. The van der Waals surface area contributed by atoms with E-state index in [2.05, 4.69) is 5.32 Å². The number of nitrogens with zero attached hydrogens (tertiary/aromatic N) is 1. The smallest absolute Gasteiger partial charge is 0.275 e. The van der Waals surface area contributed by atoms with Crippen LogP contribution in [0.25, 0.3) is 0 Å². The van der Waals surface area contributed by atoms with Crippen LogP contribution in [0.5, 0.6) is 0 Å². The summed E-state index contributed by atoms with van der Waals surface area (Å²) < 4.78 is 35.3. The van der Waals surface area contributed by atoms with Crippen LogP contribution in [-0.4, -0.2) is 46.1 Å². The zero-order chi connectivity index (χ0) is 13.2. The minimum atomic E-state index is -3.48. The van der Waals surface area contributed by atoms with Crippen molar-refractivity contribution < 1.29 is 17.6 Å². The molecule has 1 unspecified atom stereocenters. The van der Waals surface area contributed by atoms with E-state index in [1.165, 1.54) is 20.2 Å². The van der Waals surface area contributed by atoms with Crippen molar-refractivity contribution in [1.29, 1.82) is 0 Å². The lowest BCUT2D eigenvalue weighted by Gasteiger charge is -2.09. The molecule has 2 heterocycles. The second kappa shape index (κ2) is 5.40. The van der Waals surface area contributed by atoms with E-state index >= 15 is 0 Å². The summed E-state index contributed by atoms with van der Waals surface area (Å²) >= 11 is 0. The molecule has 1 saturated heterocycles. The Morgan fingerprint density at radius 3 is 2.83 bits per heavy atom. The highest BCUT2D eigenvalue weighted by Gasteiger charge is 2.22. The van der Waals surface area contributed by atoms with E-state index in [4.69, 9.17) is 9.15 Å². The van der Waals surface area contributed by atoms with Crippen LogP contribution in [0.3, 0.4) is 0 Å². The Labute approximate surface area is 107 Å². The van der Waals surface area contributed by atoms with Gasteiger partial charge in [0, 0.05) is 26.7 Å². The zero-order valence-electron chi connectivity index (χ0n) is 10.5. The second-order valence-electron chi connectivity index (χ2n) is 4.45. The van der Waals surface area contributed by atoms with Crippen molar-refractivity contribution in [2.24, 2.45) is 0 Å². The van der Waals surface area contributed by atoms with Crippen LogP contribution in [0.4, 0.5) is 0 Å². The highest BCUT2D eigenvalue weighted by atomic mass is 32.2. The minimum absolute atomic E-state index is 0.0213. The lowest BCUT2D eigenvalue weighted by molar-refractivity contribution is 0.189. The number of furan rings is 1. The second-order valence-corrected chi connectivity index (χ2v) is 6.53. The molecule has 0 spiro atoms. The quantitative estimate of drug-likeness (QED) is 0.842. The number of hydrogen-bond acceptors (Lipinski definition) is 5. The molecule has 6 nitrogen and oxygen atoms in total. The van der Waals surface area contributed by atoms with Crippen LogP contribution in [0, 0.1) is 0 Å². The molecule has 1 fully saturated rings. The molecule has 0 amide bonds. The molecule has 0 aromatic carbocycles. The van der Waals surface area contributed by atoms with Crippen molar-refractivity contribution in [1.82, 2.24) is 9.62 Å². The van der Waals surface area contributed by atoms with Crippen LogP contribution in [-0.2, 0) is 21.3 Å². The van der Waals surface area contributed by atoms with E-state index in [9.17, 15) is 8.42 Å². The van der Waals surface area contributed by atoms with Gasteiger partial charge in [0.2, 0.25) is 5.09 Å². The summed E-state index contributed by atoms with van der Waals surface area (Å²) in [6.45, 7) is 1.98. The number of rotatable bonds is 5. The lowest BCUT2D eigenvalue weighted by atomic mass is 10.2. The Kier molecular flexibility index (Phi) is 4.06. The standard InChI is InChI=1S/C11H18N2O4S/c1-13(2)18(14,15)11-4-3-10(17-11)7-12-9-5-6-16-8-9/h3-4,9,12H,5-8H2,1-2H3. The van der Waals surface area contributed by atoms with Crippen LogP contribution in [0.1, 0.15) is 12.2 Å². The van der Waals surface area contributed by atoms with E-state index < -0.39 is 10.0 Å². The molecule has 1 aromatic heterocycles. The molecule has 0 radical (unpaired) electrons. The molecule has 0 bridgehead atoms. The fourth-order valence-corrected chi connectivity index (χ4v) is 2.52. The van der Waals surface area contributed by atoms with Gasteiger partial charge in [0.1, 0.15) is 5.76 Å². The first-order valence-electron chi connectivity index (χ1n) is 5.82. The molecule has 7 heteroatoms.